The summed E-state index contributed by atoms with van der Waals surface area (Å²) in [6.07, 6.45) is 1.90. The molecule has 136 valence electrons. The van der Waals surface area contributed by atoms with Crippen LogP contribution in [0.2, 0.25) is 5.02 Å². The van der Waals surface area contributed by atoms with Gasteiger partial charge in [0.05, 0.1) is 5.57 Å². The molecular weight excluding hydrogens is 362 g/mol. The van der Waals surface area contributed by atoms with Crippen molar-refractivity contribution in [1.82, 2.24) is 14.8 Å². The molecular formula is C21H18ClN3O2. The van der Waals surface area contributed by atoms with Crippen molar-refractivity contribution in [2.75, 3.05) is 7.05 Å². The molecule has 0 radical (unpaired) electrons. The maximum Gasteiger partial charge on any atom is 0.277 e. The number of nitrogens with zero attached hydrogens (tertiary/aromatic N) is 2. The van der Waals surface area contributed by atoms with Gasteiger partial charge in [-0.15, -0.1) is 0 Å². The third kappa shape index (κ3) is 2.90. The number of amides is 2. The molecule has 0 saturated heterocycles. The molecule has 0 bridgehead atoms. The molecule has 0 unspecified atom stereocenters. The molecule has 1 aliphatic rings. The Balaban J connectivity index is 1.78. The van der Waals surface area contributed by atoms with Gasteiger partial charge in [0, 0.05) is 48.3 Å². The molecule has 0 atom stereocenters. The van der Waals surface area contributed by atoms with E-state index in [1.807, 2.05) is 54.2 Å². The zero-order valence-electron chi connectivity index (χ0n) is 15.0. The Kier molecular flexibility index (Phi) is 4.24. The van der Waals surface area contributed by atoms with Crippen LogP contribution in [0.1, 0.15) is 11.1 Å². The first-order chi connectivity index (χ1) is 13.0. The third-order valence-corrected chi connectivity index (χ3v) is 5.09. The average molecular weight is 380 g/mol. The summed E-state index contributed by atoms with van der Waals surface area (Å²) in [5.41, 5.74) is 3.47. The standard InChI is InChI=1S/C21H18ClN3O2/c1-24-12-16(15-5-3-4-6-17(15)24)18-19(21(27)25(2)20(18)26)23-11-13-7-9-14(22)10-8-13/h3-10,12,23H,11H2,1-2H3. The lowest BCUT2D eigenvalue weighted by molar-refractivity contribution is -0.135. The summed E-state index contributed by atoms with van der Waals surface area (Å²) in [6, 6.07) is 15.2. The summed E-state index contributed by atoms with van der Waals surface area (Å²) in [5.74, 6) is -0.619. The summed E-state index contributed by atoms with van der Waals surface area (Å²) in [6.45, 7) is 0.424. The number of nitrogens with one attached hydrogen (secondary N) is 1. The monoisotopic (exact) mass is 379 g/mol. The zero-order valence-corrected chi connectivity index (χ0v) is 15.7. The summed E-state index contributed by atoms with van der Waals surface area (Å²) < 4.78 is 1.96. The number of aryl methyl sites for hydroxylation is 1. The van der Waals surface area contributed by atoms with Gasteiger partial charge >= 0.3 is 0 Å². The highest BCUT2D eigenvalue weighted by atomic mass is 35.5. The van der Waals surface area contributed by atoms with Gasteiger partial charge in [-0.3, -0.25) is 14.5 Å². The topological polar surface area (TPSA) is 54.3 Å². The van der Waals surface area contributed by atoms with Crippen molar-refractivity contribution in [3.63, 3.8) is 0 Å². The van der Waals surface area contributed by atoms with E-state index in [-0.39, 0.29) is 11.8 Å². The average Bonchev–Trinajstić information content (AvgIpc) is 3.11. The molecule has 0 fully saturated rings. The Morgan fingerprint density at radius 3 is 2.41 bits per heavy atom. The van der Waals surface area contributed by atoms with Crippen LogP contribution >= 0.6 is 11.6 Å². The Hall–Kier alpha value is -3.05. The van der Waals surface area contributed by atoms with Gasteiger partial charge in [-0.1, -0.05) is 41.9 Å². The molecule has 6 heteroatoms. The first-order valence-corrected chi connectivity index (χ1v) is 8.94. The first-order valence-electron chi connectivity index (χ1n) is 8.57. The van der Waals surface area contributed by atoms with Gasteiger partial charge in [0.1, 0.15) is 5.70 Å². The highest BCUT2D eigenvalue weighted by Crippen LogP contribution is 2.33. The number of benzene rings is 2. The molecule has 2 aromatic carbocycles. The molecule has 1 aromatic heterocycles. The SMILES string of the molecule is CN1C(=O)C(NCc2ccc(Cl)cc2)=C(c2cn(C)c3ccccc23)C1=O. The van der Waals surface area contributed by atoms with E-state index in [9.17, 15) is 9.59 Å². The van der Waals surface area contributed by atoms with Crippen molar-refractivity contribution >= 4 is 39.9 Å². The second kappa shape index (κ2) is 6.59. The van der Waals surface area contributed by atoms with Crippen LogP contribution in [-0.4, -0.2) is 28.3 Å². The molecule has 1 aliphatic heterocycles. The number of hydrogen-bond acceptors (Lipinski definition) is 3. The van der Waals surface area contributed by atoms with Crippen LogP contribution in [0.15, 0.2) is 60.4 Å². The van der Waals surface area contributed by atoms with Crippen molar-refractivity contribution in [2.45, 2.75) is 6.54 Å². The van der Waals surface area contributed by atoms with Crippen LogP contribution in [0.3, 0.4) is 0 Å². The lowest BCUT2D eigenvalue weighted by Gasteiger charge is -2.09. The Bertz CT molecular complexity index is 1100. The van der Waals surface area contributed by atoms with Gasteiger partial charge in [-0.25, -0.2) is 0 Å². The lowest BCUT2D eigenvalue weighted by Crippen LogP contribution is -2.29. The predicted molar refractivity (Wildman–Crippen MR) is 106 cm³/mol. The van der Waals surface area contributed by atoms with E-state index in [1.165, 1.54) is 7.05 Å². The summed E-state index contributed by atoms with van der Waals surface area (Å²) in [7, 11) is 3.44. The van der Waals surface area contributed by atoms with Crippen LogP contribution in [0.4, 0.5) is 0 Å². The minimum absolute atomic E-state index is 0.296. The number of hydrogen-bond donors (Lipinski definition) is 1. The second-order valence-electron chi connectivity index (χ2n) is 6.57. The molecule has 0 spiro atoms. The van der Waals surface area contributed by atoms with Crippen molar-refractivity contribution < 1.29 is 9.59 Å². The van der Waals surface area contributed by atoms with Gasteiger partial charge in [0.25, 0.3) is 11.8 Å². The van der Waals surface area contributed by atoms with E-state index < -0.39 is 0 Å². The van der Waals surface area contributed by atoms with E-state index >= 15 is 0 Å². The number of carbonyl (C=O) groups is 2. The number of likely N-dealkylation sites (N-methyl/N-ethyl adjacent to an activating group) is 1. The quantitative estimate of drug-likeness (QED) is 0.707. The lowest BCUT2D eigenvalue weighted by atomic mass is 10.0. The van der Waals surface area contributed by atoms with Crippen LogP contribution in [0.25, 0.3) is 16.5 Å². The number of rotatable bonds is 4. The normalized spacial score (nSPS) is 14.6. The number of fused-ring (bicyclic) bond motifs is 1. The minimum atomic E-state index is -0.322. The summed E-state index contributed by atoms with van der Waals surface area (Å²) in [5, 5.41) is 4.76. The van der Waals surface area contributed by atoms with E-state index in [2.05, 4.69) is 5.32 Å². The second-order valence-corrected chi connectivity index (χ2v) is 7.01. The number of imide groups is 1. The molecule has 27 heavy (non-hydrogen) atoms. The van der Waals surface area contributed by atoms with Crippen LogP contribution in [0, 0.1) is 0 Å². The molecule has 3 aromatic rings. The molecule has 4 rings (SSSR count). The molecule has 0 aliphatic carbocycles. The van der Waals surface area contributed by atoms with Gasteiger partial charge in [-0.2, -0.15) is 0 Å². The Morgan fingerprint density at radius 2 is 1.67 bits per heavy atom. The van der Waals surface area contributed by atoms with Crippen LogP contribution < -0.4 is 5.32 Å². The predicted octanol–water partition coefficient (Wildman–Crippen LogP) is 3.33. The van der Waals surface area contributed by atoms with E-state index in [0.29, 0.717) is 22.8 Å². The Labute approximate surface area is 161 Å². The fourth-order valence-electron chi connectivity index (χ4n) is 3.39. The van der Waals surface area contributed by atoms with Gasteiger partial charge in [-0.05, 0) is 23.8 Å². The fourth-order valence-corrected chi connectivity index (χ4v) is 3.51. The zero-order chi connectivity index (χ0) is 19.1. The van der Waals surface area contributed by atoms with E-state index in [1.54, 1.807) is 12.1 Å². The number of carbonyl (C=O) groups excluding carboxylic acids is 2. The molecule has 5 nitrogen and oxygen atoms in total. The highest BCUT2D eigenvalue weighted by Gasteiger charge is 2.37. The van der Waals surface area contributed by atoms with Crippen molar-refractivity contribution in [2.24, 2.45) is 7.05 Å². The number of halogens is 1. The van der Waals surface area contributed by atoms with Gasteiger partial charge in [0.15, 0.2) is 0 Å². The summed E-state index contributed by atoms with van der Waals surface area (Å²) >= 11 is 5.92. The number of aromatic nitrogens is 1. The molecule has 2 heterocycles. The van der Waals surface area contributed by atoms with Crippen molar-refractivity contribution in [3.05, 3.63) is 76.6 Å². The first kappa shape index (κ1) is 17.4. The van der Waals surface area contributed by atoms with E-state index in [4.69, 9.17) is 11.6 Å². The van der Waals surface area contributed by atoms with Gasteiger partial charge < -0.3 is 9.88 Å². The molecule has 0 saturated carbocycles. The third-order valence-electron chi connectivity index (χ3n) is 4.84. The fraction of sp³-hybridized carbons (Fsp3) is 0.143. The molecule has 1 N–H and O–H groups in total. The van der Waals surface area contributed by atoms with Crippen LogP contribution in [0.5, 0.6) is 0 Å². The van der Waals surface area contributed by atoms with Crippen molar-refractivity contribution in [3.8, 4) is 0 Å². The minimum Gasteiger partial charge on any atom is -0.376 e. The summed E-state index contributed by atoms with van der Waals surface area (Å²) in [4.78, 5) is 26.6. The largest absolute Gasteiger partial charge is 0.376 e. The maximum atomic E-state index is 12.8. The van der Waals surface area contributed by atoms with Gasteiger partial charge in [0.2, 0.25) is 0 Å². The van der Waals surface area contributed by atoms with Crippen LogP contribution in [-0.2, 0) is 23.2 Å². The Morgan fingerprint density at radius 1 is 0.963 bits per heavy atom. The smallest absolute Gasteiger partial charge is 0.277 e. The van der Waals surface area contributed by atoms with E-state index in [0.717, 1.165) is 26.9 Å². The highest BCUT2D eigenvalue weighted by molar-refractivity contribution is 6.37. The molecule has 2 amide bonds. The number of para-hydroxylation sites is 1. The van der Waals surface area contributed by atoms with Crippen molar-refractivity contribution in [1.29, 1.82) is 0 Å². The maximum absolute atomic E-state index is 12.8.